The van der Waals surface area contributed by atoms with Crippen LogP contribution in [0.1, 0.15) is 38.3 Å². The van der Waals surface area contributed by atoms with E-state index in [2.05, 4.69) is 0 Å². The average Bonchev–Trinajstić information content (AvgIpc) is 2.72. The fourth-order valence-corrected chi connectivity index (χ4v) is 3.03. The van der Waals surface area contributed by atoms with Crippen LogP contribution in [0.25, 0.3) is 0 Å². The molecular formula is C16H20F3NO2. The van der Waals surface area contributed by atoms with Crippen molar-refractivity contribution in [1.29, 1.82) is 0 Å². The molecule has 0 spiro atoms. The van der Waals surface area contributed by atoms with E-state index in [-0.39, 0.29) is 6.04 Å². The lowest BCUT2D eigenvalue weighted by molar-refractivity contribution is -0.147. The van der Waals surface area contributed by atoms with Crippen molar-refractivity contribution in [3.8, 4) is 0 Å². The van der Waals surface area contributed by atoms with Gasteiger partial charge in [-0.25, -0.2) is 0 Å². The highest BCUT2D eigenvalue weighted by Gasteiger charge is 2.38. The van der Waals surface area contributed by atoms with Crippen molar-refractivity contribution in [3.63, 3.8) is 0 Å². The number of carboxylic acids is 1. The summed E-state index contributed by atoms with van der Waals surface area (Å²) in [6.45, 7) is 5.71. The Kier molecular flexibility index (Phi) is 4.15. The van der Waals surface area contributed by atoms with Crippen LogP contribution in [0.3, 0.4) is 0 Å². The van der Waals surface area contributed by atoms with Crippen LogP contribution < -0.4 is 4.90 Å². The summed E-state index contributed by atoms with van der Waals surface area (Å²) in [5.74, 6) is -0.893. The van der Waals surface area contributed by atoms with Gasteiger partial charge in [-0.1, -0.05) is 6.07 Å². The van der Waals surface area contributed by atoms with Crippen molar-refractivity contribution in [2.45, 2.75) is 45.8 Å². The number of halogens is 3. The highest BCUT2D eigenvalue weighted by molar-refractivity contribution is 5.74. The third-order valence-electron chi connectivity index (χ3n) is 4.28. The molecule has 0 aliphatic carbocycles. The number of likely N-dealkylation sites (N-methyl/N-ethyl adjacent to an activating group) is 1. The minimum absolute atomic E-state index is 0.0883. The number of nitrogens with zero attached hydrogens (tertiary/aromatic N) is 1. The maximum absolute atomic E-state index is 12.9. The number of hydrogen-bond donors (Lipinski definition) is 1. The van der Waals surface area contributed by atoms with Gasteiger partial charge in [-0.2, -0.15) is 13.2 Å². The Bertz CT molecular complexity index is 581. The Labute approximate surface area is 127 Å². The molecule has 1 heterocycles. The van der Waals surface area contributed by atoms with E-state index >= 15 is 0 Å². The Morgan fingerprint density at radius 2 is 2.00 bits per heavy atom. The molecule has 1 atom stereocenters. The fraction of sp³-hybridized carbons (Fsp3) is 0.562. The lowest BCUT2D eigenvalue weighted by Crippen LogP contribution is -2.38. The lowest BCUT2D eigenvalue weighted by atomic mass is 9.84. The molecule has 0 amide bonds. The number of rotatable bonds is 4. The smallest absolute Gasteiger partial charge is 0.416 e. The third-order valence-corrected chi connectivity index (χ3v) is 4.28. The molecule has 22 heavy (non-hydrogen) atoms. The van der Waals surface area contributed by atoms with E-state index in [0.717, 1.165) is 11.6 Å². The quantitative estimate of drug-likeness (QED) is 0.914. The van der Waals surface area contributed by atoms with Crippen LogP contribution in [0.5, 0.6) is 0 Å². The average molecular weight is 315 g/mol. The molecule has 1 N–H and O–H groups in total. The molecule has 0 saturated carbocycles. The van der Waals surface area contributed by atoms with E-state index < -0.39 is 23.1 Å². The van der Waals surface area contributed by atoms with E-state index in [1.54, 1.807) is 13.8 Å². The van der Waals surface area contributed by atoms with Gasteiger partial charge in [0.05, 0.1) is 11.0 Å². The Balaban J connectivity index is 2.31. The molecule has 0 fully saturated rings. The molecule has 2 rings (SSSR count). The van der Waals surface area contributed by atoms with Gasteiger partial charge in [0.25, 0.3) is 0 Å². The Morgan fingerprint density at radius 1 is 1.36 bits per heavy atom. The molecule has 1 aliphatic rings. The molecule has 6 heteroatoms. The maximum atomic E-state index is 12.9. The number of anilines is 1. The topological polar surface area (TPSA) is 40.5 Å². The monoisotopic (exact) mass is 315 g/mol. The van der Waals surface area contributed by atoms with Gasteiger partial charge in [0.15, 0.2) is 0 Å². The van der Waals surface area contributed by atoms with Crippen molar-refractivity contribution in [2.75, 3.05) is 11.4 Å². The van der Waals surface area contributed by atoms with Crippen LogP contribution in [-0.2, 0) is 17.4 Å². The maximum Gasteiger partial charge on any atom is 0.416 e. The van der Waals surface area contributed by atoms with Crippen LogP contribution in [0.15, 0.2) is 18.2 Å². The van der Waals surface area contributed by atoms with Crippen LogP contribution in [0.2, 0.25) is 0 Å². The van der Waals surface area contributed by atoms with Gasteiger partial charge in [-0.05, 0) is 51.3 Å². The zero-order valence-electron chi connectivity index (χ0n) is 12.9. The van der Waals surface area contributed by atoms with Crippen molar-refractivity contribution >= 4 is 11.7 Å². The molecule has 1 aromatic carbocycles. The predicted molar refractivity (Wildman–Crippen MR) is 78.0 cm³/mol. The zero-order valence-corrected chi connectivity index (χ0v) is 12.9. The van der Waals surface area contributed by atoms with E-state index in [0.29, 0.717) is 25.1 Å². The number of carbonyl (C=O) groups is 1. The number of aliphatic carboxylic acids is 1. The van der Waals surface area contributed by atoms with Crippen LogP contribution in [0, 0.1) is 5.41 Å². The fourth-order valence-electron chi connectivity index (χ4n) is 3.03. The normalized spacial score (nSPS) is 18.5. The van der Waals surface area contributed by atoms with Crippen LogP contribution >= 0.6 is 0 Å². The van der Waals surface area contributed by atoms with E-state index in [1.165, 1.54) is 12.1 Å². The summed E-state index contributed by atoms with van der Waals surface area (Å²) in [4.78, 5) is 13.2. The summed E-state index contributed by atoms with van der Waals surface area (Å²) in [6, 6.07) is 3.69. The first-order valence-electron chi connectivity index (χ1n) is 7.26. The van der Waals surface area contributed by atoms with Gasteiger partial charge in [0.2, 0.25) is 0 Å². The second kappa shape index (κ2) is 5.48. The number of carboxylic acid groups (broad SMARTS) is 1. The van der Waals surface area contributed by atoms with Crippen LogP contribution in [0.4, 0.5) is 18.9 Å². The minimum atomic E-state index is -4.37. The van der Waals surface area contributed by atoms with Gasteiger partial charge in [0.1, 0.15) is 0 Å². The number of alkyl halides is 3. The number of benzene rings is 1. The van der Waals surface area contributed by atoms with Crippen LogP contribution in [-0.4, -0.2) is 23.7 Å². The minimum Gasteiger partial charge on any atom is -0.481 e. The van der Waals surface area contributed by atoms with Gasteiger partial charge in [-0.3, -0.25) is 4.79 Å². The summed E-state index contributed by atoms with van der Waals surface area (Å²) in [5.41, 5.74) is -0.153. The van der Waals surface area contributed by atoms with E-state index in [1.807, 2.05) is 11.8 Å². The van der Waals surface area contributed by atoms with E-state index in [9.17, 15) is 23.1 Å². The Morgan fingerprint density at radius 3 is 2.50 bits per heavy atom. The summed E-state index contributed by atoms with van der Waals surface area (Å²) >= 11 is 0. The first-order chi connectivity index (χ1) is 10.1. The molecule has 3 nitrogen and oxygen atoms in total. The number of hydrogen-bond acceptors (Lipinski definition) is 2. The van der Waals surface area contributed by atoms with E-state index in [4.69, 9.17) is 0 Å². The molecule has 1 aromatic rings. The first kappa shape index (κ1) is 16.6. The van der Waals surface area contributed by atoms with Gasteiger partial charge in [0, 0.05) is 18.3 Å². The first-order valence-corrected chi connectivity index (χ1v) is 7.26. The molecule has 0 bridgehead atoms. The molecular weight excluding hydrogens is 295 g/mol. The van der Waals surface area contributed by atoms with Gasteiger partial charge in [-0.15, -0.1) is 0 Å². The highest BCUT2D eigenvalue weighted by Crippen LogP contribution is 2.40. The Hall–Kier alpha value is -1.72. The highest BCUT2D eigenvalue weighted by atomic mass is 19.4. The van der Waals surface area contributed by atoms with Crippen molar-refractivity contribution in [2.24, 2.45) is 5.41 Å². The van der Waals surface area contributed by atoms with Crippen molar-refractivity contribution < 1.29 is 23.1 Å². The standard InChI is InChI=1S/C16H20F3NO2/c1-4-20-12(9-15(2,3)14(21)22)7-10-5-6-11(8-13(10)20)16(17,18)19/h5-6,8,12H,4,7,9H2,1-3H3,(H,21,22). The second-order valence-corrected chi connectivity index (χ2v) is 6.38. The van der Waals surface area contributed by atoms with Gasteiger partial charge >= 0.3 is 12.1 Å². The molecule has 122 valence electrons. The summed E-state index contributed by atoms with van der Waals surface area (Å²) in [7, 11) is 0. The summed E-state index contributed by atoms with van der Waals surface area (Å²) < 4.78 is 38.6. The molecule has 0 aromatic heterocycles. The summed E-state index contributed by atoms with van der Waals surface area (Å²) in [6.07, 6.45) is -3.39. The van der Waals surface area contributed by atoms with Crippen molar-refractivity contribution in [3.05, 3.63) is 29.3 Å². The third kappa shape index (κ3) is 3.05. The SMILES string of the molecule is CCN1c2cc(C(F)(F)F)ccc2CC1CC(C)(C)C(=O)O. The molecule has 0 saturated heterocycles. The summed E-state index contributed by atoms with van der Waals surface area (Å²) in [5, 5.41) is 9.26. The second-order valence-electron chi connectivity index (χ2n) is 6.38. The van der Waals surface area contributed by atoms with Crippen molar-refractivity contribution in [1.82, 2.24) is 0 Å². The largest absolute Gasteiger partial charge is 0.481 e. The predicted octanol–water partition coefficient (Wildman–Crippen LogP) is 3.96. The zero-order chi connectivity index (χ0) is 16.7. The molecule has 0 radical (unpaired) electrons. The molecule has 1 aliphatic heterocycles. The number of fused-ring (bicyclic) bond motifs is 1. The van der Waals surface area contributed by atoms with Gasteiger partial charge < -0.3 is 10.0 Å². The lowest BCUT2D eigenvalue weighted by Gasteiger charge is -2.31. The molecule has 1 unspecified atom stereocenters.